The second-order valence-corrected chi connectivity index (χ2v) is 7.98. The van der Waals surface area contributed by atoms with Crippen LogP contribution in [0.4, 0.5) is 0 Å². The van der Waals surface area contributed by atoms with Crippen molar-refractivity contribution >= 4 is 29.9 Å². The summed E-state index contributed by atoms with van der Waals surface area (Å²) in [5.41, 5.74) is 0.366. The van der Waals surface area contributed by atoms with Gasteiger partial charge >= 0.3 is 0 Å². The van der Waals surface area contributed by atoms with Crippen LogP contribution in [-0.2, 0) is 4.74 Å². The molecule has 0 amide bonds. The average Bonchev–Trinajstić information content (AvgIpc) is 3.08. The average molecular weight is 480 g/mol. The van der Waals surface area contributed by atoms with E-state index in [0.29, 0.717) is 5.41 Å². The molecule has 1 saturated carbocycles. The Morgan fingerprint density at radius 1 is 1.15 bits per heavy atom. The molecule has 154 valence electrons. The van der Waals surface area contributed by atoms with Crippen molar-refractivity contribution in [3.8, 4) is 0 Å². The monoisotopic (exact) mass is 480 g/mol. The summed E-state index contributed by atoms with van der Waals surface area (Å²) in [5.74, 6) is 1.78. The maximum absolute atomic E-state index is 5.63. The fourth-order valence-corrected chi connectivity index (χ4v) is 4.14. The zero-order valence-electron chi connectivity index (χ0n) is 17.2. The lowest BCUT2D eigenvalue weighted by molar-refractivity contribution is 0.107. The smallest absolute Gasteiger partial charge is 0.191 e. The molecule has 26 heavy (non-hydrogen) atoms. The van der Waals surface area contributed by atoms with Crippen molar-refractivity contribution in [3.63, 3.8) is 0 Å². The van der Waals surface area contributed by atoms with Gasteiger partial charge in [0.25, 0.3) is 0 Å². The Morgan fingerprint density at radius 2 is 1.85 bits per heavy atom. The van der Waals surface area contributed by atoms with Crippen molar-refractivity contribution in [2.24, 2.45) is 16.3 Å². The first-order chi connectivity index (χ1) is 12.2. The minimum Gasteiger partial charge on any atom is -0.382 e. The van der Waals surface area contributed by atoms with E-state index in [1.165, 1.54) is 51.6 Å². The third kappa shape index (κ3) is 8.30. The van der Waals surface area contributed by atoms with Gasteiger partial charge in [-0.25, -0.2) is 0 Å². The molecule has 2 N–H and O–H groups in total. The van der Waals surface area contributed by atoms with Gasteiger partial charge in [0.1, 0.15) is 0 Å². The Morgan fingerprint density at radius 3 is 2.46 bits per heavy atom. The zero-order chi connectivity index (χ0) is 18.0. The first-order valence-electron chi connectivity index (χ1n) is 10.5. The molecule has 0 spiro atoms. The van der Waals surface area contributed by atoms with E-state index in [2.05, 4.69) is 36.4 Å². The van der Waals surface area contributed by atoms with E-state index in [0.717, 1.165) is 51.1 Å². The fraction of sp³-hybridized carbons (Fsp3) is 0.950. The number of rotatable bonds is 9. The maximum Gasteiger partial charge on any atom is 0.191 e. The molecule has 0 bridgehead atoms. The van der Waals surface area contributed by atoms with Gasteiger partial charge in [-0.1, -0.05) is 12.8 Å². The molecule has 0 unspecified atom stereocenters. The van der Waals surface area contributed by atoms with Crippen molar-refractivity contribution < 1.29 is 4.74 Å². The van der Waals surface area contributed by atoms with Crippen LogP contribution >= 0.6 is 24.0 Å². The summed E-state index contributed by atoms with van der Waals surface area (Å²) < 4.78 is 5.63. The Bertz CT molecular complexity index is 391. The standard InChI is InChI=1S/C20H40N4O.HI/c1-4-21-19(22-16-18-8-13-24(3)14-9-18)23-17-20(10-6-7-11-20)12-15-25-5-2;/h18H,4-17H2,1-3H3,(H2,21,22,23);1H. The van der Waals surface area contributed by atoms with Gasteiger partial charge in [-0.3, -0.25) is 4.99 Å². The molecular formula is C20H41IN4O. The molecule has 1 saturated heterocycles. The SMILES string of the molecule is CCNC(=NCC1(CCOCC)CCCC1)NCC1CCN(C)CC1.I. The molecule has 1 aliphatic heterocycles. The summed E-state index contributed by atoms with van der Waals surface area (Å²) in [5, 5.41) is 7.04. The fourth-order valence-electron chi connectivity index (χ4n) is 4.14. The van der Waals surface area contributed by atoms with Gasteiger partial charge in [-0.15, -0.1) is 24.0 Å². The van der Waals surface area contributed by atoms with E-state index in [1.807, 2.05) is 0 Å². The van der Waals surface area contributed by atoms with Crippen LogP contribution < -0.4 is 10.6 Å². The third-order valence-corrected chi connectivity index (χ3v) is 5.96. The van der Waals surface area contributed by atoms with E-state index in [1.54, 1.807) is 0 Å². The second-order valence-electron chi connectivity index (χ2n) is 7.98. The summed E-state index contributed by atoms with van der Waals surface area (Å²) in [6.07, 6.45) is 9.04. The lowest BCUT2D eigenvalue weighted by Gasteiger charge is -2.30. The molecule has 2 rings (SSSR count). The van der Waals surface area contributed by atoms with Crippen molar-refractivity contribution in [3.05, 3.63) is 0 Å². The molecular weight excluding hydrogens is 439 g/mol. The van der Waals surface area contributed by atoms with E-state index in [-0.39, 0.29) is 24.0 Å². The van der Waals surface area contributed by atoms with Crippen LogP contribution in [0.1, 0.15) is 58.8 Å². The molecule has 0 atom stereocenters. The number of aliphatic imine (C=N–C) groups is 1. The molecule has 1 aliphatic carbocycles. The van der Waals surface area contributed by atoms with Crippen LogP contribution in [-0.4, -0.2) is 63.8 Å². The highest BCUT2D eigenvalue weighted by molar-refractivity contribution is 14.0. The molecule has 0 aromatic heterocycles. The van der Waals surface area contributed by atoms with Crippen molar-refractivity contribution in [2.75, 3.05) is 53.0 Å². The molecule has 1 heterocycles. The maximum atomic E-state index is 5.63. The topological polar surface area (TPSA) is 48.9 Å². The first-order valence-corrected chi connectivity index (χ1v) is 10.5. The van der Waals surface area contributed by atoms with Gasteiger partial charge < -0.3 is 20.3 Å². The van der Waals surface area contributed by atoms with Crippen LogP contribution in [0.25, 0.3) is 0 Å². The largest absolute Gasteiger partial charge is 0.382 e. The van der Waals surface area contributed by atoms with Crippen LogP contribution in [0.2, 0.25) is 0 Å². The molecule has 2 fully saturated rings. The Hall–Kier alpha value is -0.0800. The Kier molecular flexibility index (Phi) is 12.1. The zero-order valence-corrected chi connectivity index (χ0v) is 19.5. The second kappa shape index (κ2) is 13.2. The van der Waals surface area contributed by atoms with Gasteiger partial charge in [-0.2, -0.15) is 0 Å². The predicted molar refractivity (Wildman–Crippen MR) is 122 cm³/mol. The number of halogens is 1. The summed E-state index contributed by atoms with van der Waals surface area (Å²) in [7, 11) is 2.22. The van der Waals surface area contributed by atoms with E-state index in [9.17, 15) is 0 Å². The van der Waals surface area contributed by atoms with Gasteiger partial charge in [0.2, 0.25) is 0 Å². The Labute approximate surface area is 178 Å². The van der Waals surface area contributed by atoms with E-state index in [4.69, 9.17) is 9.73 Å². The molecule has 2 aliphatic rings. The summed E-state index contributed by atoms with van der Waals surface area (Å²) in [4.78, 5) is 7.40. The highest BCUT2D eigenvalue weighted by atomic mass is 127. The molecule has 0 radical (unpaired) electrons. The molecule has 6 heteroatoms. The number of hydrogen-bond donors (Lipinski definition) is 2. The van der Waals surface area contributed by atoms with Gasteiger partial charge in [-0.05, 0) is 77.4 Å². The molecule has 0 aromatic carbocycles. The van der Waals surface area contributed by atoms with Gasteiger partial charge in [0.15, 0.2) is 5.96 Å². The predicted octanol–water partition coefficient (Wildman–Crippen LogP) is 3.49. The summed E-state index contributed by atoms with van der Waals surface area (Å²) in [6.45, 7) is 11.3. The normalized spacial score (nSPS) is 21.4. The number of likely N-dealkylation sites (tertiary alicyclic amines) is 1. The lowest BCUT2D eigenvalue weighted by Crippen LogP contribution is -2.42. The van der Waals surface area contributed by atoms with Gasteiger partial charge in [0, 0.05) is 32.8 Å². The molecule has 5 nitrogen and oxygen atoms in total. The lowest BCUT2D eigenvalue weighted by atomic mass is 9.83. The Balaban J connectivity index is 0.00000338. The van der Waals surface area contributed by atoms with Crippen molar-refractivity contribution in [1.82, 2.24) is 15.5 Å². The number of nitrogens with one attached hydrogen (secondary N) is 2. The first kappa shape index (κ1) is 24.0. The summed E-state index contributed by atoms with van der Waals surface area (Å²) in [6, 6.07) is 0. The minimum absolute atomic E-state index is 0. The van der Waals surface area contributed by atoms with Crippen molar-refractivity contribution in [2.45, 2.75) is 58.8 Å². The summed E-state index contributed by atoms with van der Waals surface area (Å²) >= 11 is 0. The van der Waals surface area contributed by atoms with Crippen LogP contribution in [0, 0.1) is 11.3 Å². The number of guanidine groups is 1. The van der Waals surface area contributed by atoms with Crippen LogP contribution in [0.5, 0.6) is 0 Å². The van der Waals surface area contributed by atoms with Crippen LogP contribution in [0.3, 0.4) is 0 Å². The van der Waals surface area contributed by atoms with E-state index >= 15 is 0 Å². The number of ether oxygens (including phenoxy) is 1. The number of hydrogen-bond acceptors (Lipinski definition) is 3. The van der Waals surface area contributed by atoms with Crippen LogP contribution in [0.15, 0.2) is 4.99 Å². The highest BCUT2D eigenvalue weighted by Crippen LogP contribution is 2.41. The van der Waals surface area contributed by atoms with Crippen molar-refractivity contribution in [1.29, 1.82) is 0 Å². The van der Waals surface area contributed by atoms with E-state index < -0.39 is 0 Å². The third-order valence-electron chi connectivity index (χ3n) is 5.96. The minimum atomic E-state index is 0. The number of piperidine rings is 1. The highest BCUT2D eigenvalue weighted by Gasteiger charge is 2.33. The molecule has 0 aromatic rings. The van der Waals surface area contributed by atoms with Gasteiger partial charge in [0.05, 0.1) is 0 Å². The number of nitrogens with zero attached hydrogens (tertiary/aromatic N) is 2. The quantitative estimate of drug-likeness (QED) is 0.230.